The van der Waals surface area contributed by atoms with E-state index in [0.717, 1.165) is 19.4 Å². The Kier molecular flexibility index (Phi) is 7.33. The summed E-state index contributed by atoms with van der Waals surface area (Å²) in [6.07, 6.45) is -2.80. The number of hydrogen-bond acceptors (Lipinski definition) is 6. The Bertz CT molecular complexity index is 1570. The Hall–Kier alpha value is -4.25. The summed E-state index contributed by atoms with van der Waals surface area (Å²) in [5.41, 5.74) is 0.157. The van der Waals surface area contributed by atoms with Gasteiger partial charge in [-0.25, -0.2) is 0 Å². The molecule has 1 aliphatic heterocycles. The van der Waals surface area contributed by atoms with Crippen molar-refractivity contribution in [2.75, 3.05) is 26.3 Å². The van der Waals surface area contributed by atoms with Gasteiger partial charge in [-0.15, -0.1) is 0 Å². The Morgan fingerprint density at radius 2 is 1.68 bits per heavy atom. The Labute approximate surface area is 228 Å². The number of rotatable bonds is 6. The fourth-order valence-corrected chi connectivity index (χ4v) is 4.39. The highest BCUT2D eigenvalue weighted by Crippen LogP contribution is 2.40. The van der Waals surface area contributed by atoms with Crippen LogP contribution in [0.5, 0.6) is 0 Å². The average molecular weight is 553 g/mol. The van der Waals surface area contributed by atoms with Crippen LogP contribution in [-0.4, -0.2) is 58.0 Å². The van der Waals surface area contributed by atoms with Gasteiger partial charge in [-0.2, -0.15) is 18.2 Å². The lowest BCUT2D eigenvalue weighted by atomic mass is 9.83. The second kappa shape index (κ2) is 10.7. The van der Waals surface area contributed by atoms with Gasteiger partial charge in [0.05, 0.1) is 30.7 Å². The summed E-state index contributed by atoms with van der Waals surface area (Å²) in [6, 6.07) is 15.9. The Balaban J connectivity index is 1.34. The van der Waals surface area contributed by atoms with Crippen LogP contribution in [0.2, 0.25) is 0 Å². The molecule has 0 radical (unpaired) electrons. The maximum absolute atomic E-state index is 13.4. The van der Waals surface area contributed by atoms with Gasteiger partial charge >= 0.3 is 6.18 Å². The summed E-state index contributed by atoms with van der Waals surface area (Å²) < 4.78 is 52.3. The number of carbonyl (C=O) groups excluding carboxylic acids is 1. The molecule has 3 heterocycles. The fraction of sp³-hybridized carbons (Fsp3) is 0.310. The number of amides is 1. The molecule has 1 saturated heterocycles. The fourth-order valence-electron chi connectivity index (χ4n) is 4.39. The van der Waals surface area contributed by atoms with E-state index in [1.165, 1.54) is 34.9 Å². The smallest absolute Gasteiger partial charge is 0.378 e. The molecular weight excluding hydrogens is 525 g/mol. The number of benzene rings is 2. The monoisotopic (exact) mass is 552 g/mol. The summed E-state index contributed by atoms with van der Waals surface area (Å²) in [5.74, 6) is 0.276. The van der Waals surface area contributed by atoms with Crippen molar-refractivity contribution < 1.29 is 27.2 Å². The Morgan fingerprint density at radius 3 is 2.38 bits per heavy atom. The van der Waals surface area contributed by atoms with Crippen molar-refractivity contribution in [3.63, 3.8) is 0 Å². The van der Waals surface area contributed by atoms with E-state index in [0.29, 0.717) is 43.0 Å². The first-order chi connectivity index (χ1) is 19.0. The van der Waals surface area contributed by atoms with Crippen LogP contribution in [0.25, 0.3) is 22.8 Å². The van der Waals surface area contributed by atoms with Gasteiger partial charge < -0.3 is 18.7 Å². The van der Waals surface area contributed by atoms with Crippen LogP contribution in [0.15, 0.2) is 76.2 Å². The number of pyridine rings is 1. The van der Waals surface area contributed by atoms with Gasteiger partial charge in [-0.05, 0) is 43.2 Å². The molecule has 0 N–H and O–H groups in total. The molecular formula is C29H27F3N4O4. The summed E-state index contributed by atoms with van der Waals surface area (Å²) in [6.45, 7) is 4.55. The highest BCUT2D eigenvalue weighted by atomic mass is 19.4. The lowest BCUT2D eigenvalue weighted by molar-refractivity contribution is -0.180. The minimum atomic E-state index is -4.39. The predicted molar refractivity (Wildman–Crippen MR) is 141 cm³/mol. The molecule has 0 aliphatic carbocycles. The zero-order chi connectivity index (χ0) is 28.5. The third-order valence-corrected chi connectivity index (χ3v) is 7.06. The quantitative estimate of drug-likeness (QED) is 0.337. The van der Waals surface area contributed by atoms with Gasteiger partial charge in [0.25, 0.3) is 17.4 Å². The molecule has 2 aromatic heterocycles. The van der Waals surface area contributed by atoms with E-state index >= 15 is 0 Å². The molecule has 0 saturated carbocycles. The number of morpholine rings is 1. The number of alkyl halides is 3. The normalized spacial score (nSPS) is 14.4. The maximum Gasteiger partial charge on any atom is 0.397 e. The third kappa shape index (κ3) is 5.55. The van der Waals surface area contributed by atoms with E-state index in [1.807, 2.05) is 6.07 Å². The van der Waals surface area contributed by atoms with Crippen molar-refractivity contribution in [1.29, 1.82) is 0 Å². The van der Waals surface area contributed by atoms with Crippen LogP contribution in [0.1, 0.15) is 35.3 Å². The van der Waals surface area contributed by atoms with Gasteiger partial charge in [0, 0.05) is 36.5 Å². The maximum atomic E-state index is 13.4. The predicted octanol–water partition coefficient (Wildman–Crippen LogP) is 4.93. The standard InChI is InChI=1S/C29H27F3N4O4/c1-28(2,29(30,31)32)23-9-6-20(7-10-23)25-33-26(40-34-25)22-8-11-24(37)36(18-22)17-19-4-3-5-21(16-19)27(38)35-12-14-39-15-13-35/h3-11,16,18H,12-15,17H2,1-2H3. The first-order valence-electron chi connectivity index (χ1n) is 12.7. The largest absolute Gasteiger partial charge is 0.397 e. The van der Waals surface area contributed by atoms with Gasteiger partial charge in [0.2, 0.25) is 5.82 Å². The highest BCUT2D eigenvalue weighted by molar-refractivity contribution is 5.94. The minimum absolute atomic E-state index is 0.0837. The van der Waals surface area contributed by atoms with Crippen LogP contribution in [0.4, 0.5) is 13.2 Å². The SMILES string of the molecule is CC(C)(c1ccc(-c2noc(-c3ccc(=O)n(Cc4cccc(C(=O)N5CCOCC5)c4)c3)n2)cc1)C(F)(F)F. The van der Waals surface area contributed by atoms with E-state index in [2.05, 4.69) is 10.1 Å². The second-order valence-corrected chi connectivity index (χ2v) is 10.1. The molecule has 0 spiro atoms. The van der Waals surface area contributed by atoms with Gasteiger partial charge in [0.1, 0.15) is 0 Å². The zero-order valence-corrected chi connectivity index (χ0v) is 21.9. The van der Waals surface area contributed by atoms with Crippen molar-refractivity contribution in [1.82, 2.24) is 19.6 Å². The molecule has 0 bridgehead atoms. The molecule has 11 heteroatoms. The molecule has 1 fully saturated rings. The van der Waals surface area contributed by atoms with Crippen LogP contribution in [0, 0.1) is 0 Å². The first kappa shape index (κ1) is 27.3. The molecule has 208 valence electrons. The lowest BCUT2D eigenvalue weighted by Gasteiger charge is -2.28. The van der Waals surface area contributed by atoms with E-state index in [9.17, 15) is 22.8 Å². The summed E-state index contributed by atoms with van der Waals surface area (Å²) in [5, 5.41) is 3.97. The van der Waals surface area contributed by atoms with E-state index in [1.54, 1.807) is 35.4 Å². The van der Waals surface area contributed by atoms with E-state index in [-0.39, 0.29) is 35.3 Å². The number of hydrogen-bond donors (Lipinski definition) is 0. The molecule has 5 rings (SSSR count). The number of aromatic nitrogens is 3. The summed E-state index contributed by atoms with van der Waals surface area (Å²) >= 11 is 0. The van der Waals surface area contributed by atoms with E-state index < -0.39 is 11.6 Å². The summed E-state index contributed by atoms with van der Waals surface area (Å²) in [7, 11) is 0. The first-order valence-corrected chi connectivity index (χ1v) is 12.7. The van der Waals surface area contributed by atoms with Crippen molar-refractivity contribution in [3.8, 4) is 22.8 Å². The Morgan fingerprint density at radius 1 is 0.975 bits per heavy atom. The van der Waals surface area contributed by atoms with Crippen LogP contribution < -0.4 is 5.56 Å². The number of ether oxygens (including phenoxy) is 1. The molecule has 8 nitrogen and oxygen atoms in total. The van der Waals surface area contributed by atoms with E-state index in [4.69, 9.17) is 9.26 Å². The molecule has 0 unspecified atom stereocenters. The van der Waals surface area contributed by atoms with Crippen molar-refractivity contribution in [2.45, 2.75) is 32.0 Å². The van der Waals surface area contributed by atoms with Crippen molar-refractivity contribution in [3.05, 3.63) is 93.9 Å². The van der Waals surface area contributed by atoms with Gasteiger partial charge in [-0.3, -0.25) is 9.59 Å². The van der Waals surface area contributed by atoms with Crippen LogP contribution >= 0.6 is 0 Å². The van der Waals surface area contributed by atoms with Crippen LogP contribution in [-0.2, 0) is 16.7 Å². The third-order valence-electron chi connectivity index (χ3n) is 7.06. The number of halogens is 3. The highest BCUT2D eigenvalue weighted by Gasteiger charge is 2.48. The van der Waals surface area contributed by atoms with Crippen LogP contribution in [0.3, 0.4) is 0 Å². The molecule has 1 amide bonds. The molecule has 1 aliphatic rings. The summed E-state index contributed by atoms with van der Waals surface area (Å²) in [4.78, 5) is 31.6. The lowest BCUT2D eigenvalue weighted by Crippen LogP contribution is -2.40. The van der Waals surface area contributed by atoms with Crippen molar-refractivity contribution in [2.24, 2.45) is 0 Å². The van der Waals surface area contributed by atoms with Gasteiger partial charge in [0.15, 0.2) is 0 Å². The topological polar surface area (TPSA) is 90.5 Å². The molecule has 0 atom stereocenters. The van der Waals surface area contributed by atoms with Gasteiger partial charge in [-0.1, -0.05) is 41.6 Å². The number of carbonyl (C=O) groups is 1. The molecule has 4 aromatic rings. The number of nitrogens with zero attached hydrogens (tertiary/aromatic N) is 4. The van der Waals surface area contributed by atoms with Crippen molar-refractivity contribution >= 4 is 5.91 Å². The average Bonchev–Trinajstić information content (AvgIpc) is 3.44. The molecule has 40 heavy (non-hydrogen) atoms. The minimum Gasteiger partial charge on any atom is -0.378 e. The second-order valence-electron chi connectivity index (χ2n) is 10.1. The zero-order valence-electron chi connectivity index (χ0n) is 21.9. The molecule has 2 aromatic carbocycles.